The molecule has 0 aromatic rings. The molecular weight excluding hydrogens is 317 g/mol. The topological polar surface area (TPSA) is 18.5 Å². The Hall–Kier alpha value is -0.970. The highest BCUT2D eigenvalue weighted by Crippen LogP contribution is 2.38. The Labute approximate surface area is 143 Å². The van der Waals surface area contributed by atoms with Gasteiger partial charge in [-0.15, -0.1) is 0 Å². The number of rotatable bonds is 8. The Morgan fingerprint density at radius 3 is 2.38 bits per heavy atom. The number of hydrogen-bond acceptors (Lipinski definition) is 2. The molecule has 2 aliphatic rings. The first kappa shape index (κ1) is 19.4. The van der Waals surface area contributed by atoms with Crippen molar-refractivity contribution in [1.82, 2.24) is 0 Å². The van der Waals surface area contributed by atoms with Crippen LogP contribution in [0, 0.1) is 17.8 Å². The van der Waals surface area contributed by atoms with Crippen LogP contribution in [0.3, 0.4) is 0 Å². The van der Waals surface area contributed by atoms with Crippen molar-refractivity contribution in [2.24, 2.45) is 17.8 Å². The lowest BCUT2D eigenvalue weighted by Crippen LogP contribution is -2.31. The van der Waals surface area contributed by atoms with Gasteiger partial charge in [-0.1, -0.05) is 12.2 Å². The van der Waals surface area contributed by atoms with Crippen LogP contribution in [-0.2, 0) is 9.47 Å². The van der Waals surface area contributed by atoms with E-state index in [1.165, 1.54) is 6.08 Å². The first-order valence-electron chi connectivity index (χ1n) is 9.07. The smallest absolute Gasteiger partial charge is 0.198 e. The zero-order valence-electron chi connectivity index (χ0n) is 14.3. The van der Waals surface area contributed by atoms with Gasteiger partial charge in [-0.05, 0) is 62.4 Å². The van der Waals surface area contributed by atoms with E-state index in [1.54, 1.807) is 12.2 Å². The number of halogens is 3. The van der Waals surface area contributed by atoms with Crippen LogP contribution in [0.2, 0.25) is 0 Å². The van der Waals surface area contributed by atoms with E-state index >= 15 is 0 Å². The van der Waals surface area contributed by atoms with E-state index in [0.717, 1.165) is 32.1 Å². The molecule has 2 atom stereocenters. The van der Waals surface area contributed by atoms with Gasteiger partial charge in [0.2, 0.25) is 0 Å². The summed E-state index contributed by atoms with van der Waals surface area (Å²) < 4.78 is 48.6. The van der Waals surface area contributed by atoms with Crippen LogP contribution in [0.1, 0.15) is 44.9 Å². The van der Waals surface area contributed by atoms with Crippen molar-refractivity contribution in [3.8, 4) is 0 Å². The molecule has 2 fully saturated rings. The third-order valence-corrected chi connectivity index (χ3v) is 5.19. The van der Waals surface area contributed by atoms with Crippen molar-refractivity contribution < 1.29 is 22.6 Å². The summed E-state index contributed by atoms with van der Waals surface area (Å²) in [5.74, 6) is 1.91. The van der Waals surface area contributed by atoms with Crippen LogP contribution >= 0.6 is 0 Å². The van der Waals surface area contributed by atoms with Crippen LogP contribution in [0.15, 0.2) is 24.0 Å². The minimum atomic E-state index is -1.07. The van der Waals surface area contributed by atoms with Crippen LogP contribution in [-0.4, -0.2) is 32.9 Å². The average Bonchev–Trinajstić information content (AvgIpc) is 2.62. The molecule has 5 heteroatoms. The van der Waals surface area contributed by atoms with Gasteiger partial charge in [0.25, 0.3) is 0 Å². The standard InChI is InChI=1S/C19H29F3O2/c20-11-3-1-2-4-18(12-21)23-13-15-5-7-16(8-6-15)17-9-10-19(22)24-14-17/h1,3-4,15-17,19H,2,5-14H2/b3-1-,18-4?. The molecule has 0 radical (unpaired) electrons. The first-order chi connectivity index (χ1) is 11.7. The first-order valence-corrected chi connectivity index (χ1v) is 9.07. The van der Waals surface area contributed by atoms with Gasteiger partial charge >= 0.3 is 0 Å². The molecule has 0 aromatic heterocycles. The van der Waals surface area contributed by atoms with Crippen molar-refractivity contribution in [2.45, 2.75) is 51.3 Å². The molecule has 2 rings (SSSR count). The molecule has 1 saturated carbocycles. The third kappa shape index (κ3) is 6.50. The fourth-order valence-corrected chi connectivity index (χ4v) is 3.67. The Morgan fingerprint density at radius 1 is 1.00 bits per heavy atom. The molecule has 0 bridgehead atoms. The Morgan fingerprint density at radius 2 is 1.75 bits per heavy atom. The lowest BCUT2D eigenvalue weighted by molar-refractivity contribution is -0.103. The second kappa shape index (κ2) is 10.8. The van der Waals surface area contributed by atoms with Crippen LogP contribution < -0.4 is 0 Å². The second-order valence-corrected chi connectivity index (χ2v) is 6.84. The molecule has 1 aliphatic heterocycles. The molecule has 24 heavy (non-hydrogen) atoms. The van der Waals surface area contributed by atoms with Crippen molar-refractivity contribution >= 4 is 0 Å². The Balaban J connectivity index is 1.66. The van der Waals surface area contributed by atoms with Gasteiger partial charge in [0.05, 0.1) is 13.2 Å². The van der Waals surface area contributed by atoms with Crippen molar-refractivity contribution in [3.05, 3.63) is 24.0 Å². The molecule has 2 nitrogen and oxygen atoms in total. The summed E-state index contributed by atoms with van der Waals surface area (Å²) in [7, 11) is 0. The summed E-state index contributed by atoms with van der Waals surface area (Å²) in [5, 5.41) is 0. The van der Waals surface area contributed by atoms with Crippen molar-refractivity contribution in [3.63, 3.8) is 0 Å². The lowest BCUT2D eigenvalue weighted by atomic mass is 9.74. The van der Waals surface area contributed by atoms with Gasteiger partial charge in [-0.3, -0.25) is 0 Å². The minimum Gasteiger partial charge on any atom is -0.495 e. The minimum absolute atomic E-state index is 0.343. The number of allylic oxidation sites excluding steroid dienone is 4. The summed E-state index contributed by atoms with van der Waals surface area (Å²) in [4.78, 5) is 0. The molecule has 2 unspecified atom stereocenters. The van der Waals surface area contributed by atoms with E-state index < -0.39 is 19.7 Å². The van der Waals surface area contributed by atoms with Crippen molar-refractivity contribution in [1.29, 1.82) is 0 Å². The number of ether oxygens (including phenoxy) is 2. The Bertz CT molecular complexity index is 395. The monoisotopic (exact) mass is 346 g/mol. The zero-order valence-corrected chi connectivity index (χ0v) is 14.3. The van der Waals surface area contributed by atoms with Gasteiger partial charge < -0.3 is 9.47 Å². The Kier molecular flexibility index (Phi) is 8.71. The largest absolute Gasteiger partial charge is 0.495 e. The van der Waals surface area contributed by atoms with E-state index in [-0.39, 0.29) is 0 Å². The van der Waals surface area contributed by atoms with E-state index in [9.17, 15) is 13.2 Å². The van der Waals surface area contributed by atoms with Crippen LogP contribution in [0.25, 0.3) is 0 Å². The van der Waals surface area contributed by atoms with Crippen LogP contribution in [0.5, 0.6) is 0 Å². The molecule has 1 saturated heterocycles. The highest BCUT2D eigenvalue weighted by atomic mass is 19.1. The molecule has 0 aromatic carbocycles. The van der Waals surface area contributed by atoms with Gasteiger partial charge in [0, 0.05) is 6.42 Å². The lowest BCUT2D eigenvalue weighted by Gasteiger charge is -2.36. The zero-order chi connectivity index (χ0) is 17.2. The summed E-state index contributed by atoms with van der Waals surface area (Å²) >= 11 is 0. The quantitative estimate of drug-likeness (QED) is 0.438. The summed E-state index contributed by atoms with van der Waals surface area (Å²) in [6.07, 6.45) is 9.99. The van der Waals surface area contributed by atoms with E-state index in [1.807, 2.05) is 0 Å². The van der Waals surface area contributed by atoms with Gasteiger partial charge in [-0.25, -0.2) is 13.2 Å². The molecule has 138 valence electrons. The highest BCUT2D eigenvalue weighted by Gasteiger charge is 2.31. The molecule has 1 heterocycles. The molecule has 0 amide bonds. The summed E-state index contributed by atoms with van der Waals surface area (Å²) in [6, 6.07) is 0. The van der Waals surface area contributed by atoms with Crippen LogP contribution in [0.4, 0.5) is 13.2 Å². The van der Waals surface area contributed by atoms with Gasteiger partial charge in [0.1, 0.15) is 19.1 Å². The fourth-order valence-electron chi connectivity index (χ4n) is 3.67. The molecule has 1 aliphatic carbocycles. The van der Waals surface area contributed by atoms with E-state index in [4.69, 9.17) is 9.47 Å². The number of hydrogen-bond donors (Lipinski definition) is 0. The van der Waals surface area contributed by atoms with Gasteiger partial charge in [-0.2, -0.15) is 0 Å². The van der Waals surface area contributed by atoms with Gasteiger partial charge in [0.15, 0.2) is 6.36 Å². The normalized spacial score (nSPS) is 32.2. The highest BCUT2D eigenvalue weighted by molar-refractivity contribution is 4.99. The molecule has 0 spiro atoms. The summed E-state index contributed by atoms with van der Waals surface area (Å²) in [5.41, 5.74) is 0. The fraction of sp³-hybridized carbons (Fsp3) is 0.789. The van der Waals surface area contributed by atoms with Crippen molar-refractivity contribution in [2.75, 3.05) is 26.6 Å². The predicted molar refractivity (Wildman–Crippen MR) is 88.8 cm³/mol. The second-order valence-electron chi connectivity index (χ2n) is 6.84. The predicted octanol–water partition coefficient (Wildman–Crippen LogP) is 5.30. The van der Waals surface area contributed by atoms with E-state index in [2.05, 4.69) is 0 Å². The maximum Gasteiger partial charge on any atom is 0.198 e. The average molecular weight is 346 g/mol. The SMILES string of the molecule is FC/C=C\CC=C(CF)OCC1CCC(C2CCC(F)OC2)CC1. The number of alkyl halides is 3. The third-order valence-electron chi connectivity index (χ3n) is 5.19. The molecular formula is C19H29F3O2. The van der Waals surface area contributed by atoms with E-state index in [0.29, 0.717) is 49.6 Å². The maximum absolute atomic E-state index is 13.0. The maximum atomic E-state index is 13.0. The summed E-state index contributed by atoms with van der Waals surface area (Å²) in [6.45, 7) is -0.0271. The molecule has 0 N–H and O–H groups in total.